The van der Waals surface area contributed by atoms with Crippen molar-refractivity contribution >= 4 is 13.8 Å². The molecule has 0 aliphatic rings. The minimum atomic E-state index is -4.28. The SMILES string of the molecule is CCC=CCC=CCC=CCC=CCCCCC(=O)OC[C@H](COP(=O)(O)OCCN)OC=CCCCCCCC=CCCCCCCCC. The second kappa shape index (κ2) is 38.0. The lowest BCUT2D eigenvalue weighted by Crippen LogP contribution is -2.25. The summed E-state index contributed by atoms with van der Waals surface area (Å²) in [5.74, 6) is -0.337. The van der Waals surface area contributed by atoms with Crippen molar-refractivity contribution in [3.8, 4) is 0 Å². The molecule has 288 valence electrons. The van der Waals surface area contributed by atoms with Gasteiger partial charge in [0.25, 0.3) is 0 Å². The Hall–Kier alpha value is -2.22. The summed E-state index contributed by atoms with van der Waals surface area (Å²) in [4.78, 5) is 22.2. The summed E-state index contributed by atoms with van der Waals surface area (Å²) in [6.45, 7) is 4.01. The summed E-state index contributed by atoms with van der Waals surface area (Å²) in [5.41, 5.74) is 5.35. The summed E-state index contributed by atoms with van der Waals surface area (Å²) >= 11 is 0. The first-order chi connectivity index (χ1) is 24.4. The van der Waals surface area contributed by atoms with Gasteiger partial charge in [0.2, 0.25) is 0 Å². The number of allylic oxidation sites excluding steroid dienone is 11. The Kier molecular flexibility index (Phi) is 36.3. The molecule has 3 N–H and O–H groups in total. The van der Waals surface area contributed by atoms with Crippen molar-refractivity contribution in [2.24, 2.45) is 5.73 Å². The Morgan fingerprint density at radius 2 is 1.14 bits per heavy atom. The van der Waals surface area contributed by atoms with Crippen molar-refractivity contribution in [1.29, 1.82) is 0 Å². The number of phosphoric ester groups is 1. The molecule has 0 fully saturated rings. The molecule has 1 unspecified atom stereocenters. The zero-order valence-electron chi connectivity index (χ0n) is 31.6. The summed E-state index contributed by atoms with van der Waals surface area (Å²) in [5, 5.41) is 0. The Balaban J connectivity index is 4.24. The van der Waals surface area contributed by atoms with Gasteiger partial charge in [-0.2, -0.15) is 0 Å². The molecule has 0 rings (SSSR count). The molecular formula is C41H72NO7P. The highest BCUT2D eigenvalue weighted by atomic mass is 31.2. The number of carbonyl (C=O) groups excluding carboxylic acids is 1. The van der Waals surface area contributed by atoms with Crippen molar-refractivity contribution in [3.05, 3.63) is 73.1 Å². The van der Waals surface area contributed by atoms with E-state index in [2.05, 4.69) is 74.6 Å². The Morgan fingerprint density at radius 1 is 0.640 bits per heavy atom. The molecule has 0 radical (unpaired) electrons. The molecule has 0 bridgehead atoms. The van der Waals surface area contributed by atoms with Gasteiger partial charge in [-0.05, 0) is 89.5 Å². The number of phosphoric acid groups is 1. The molecule has 0 aromatic carbocycles. The van der Waals surface area contributed by atoms with Crippen LogP contribution in [0.2, 0.25) is 0 Å². The highest BCUT2D eigenvalue weighted by Gasteiger charge is 2.24. The molecule has 0 aliphatic heterocycles. The van der Waals surface area contributed by atoms with E-state index in [1.807, 2.05) is 6.08 Å². The lowest BCUT2D eigenvalue weighted by Gasteiger charge is -2.19. The summed E-state index contributed by atoms with van der Waals surface area (Å²) < 4.78 is 33.0. The van der Waals surface area contributed by atoms with Crippen LogP contribution in [0.1, 0.15) is 149 Å². The molecule has 50 heavy (non-hydrogen) atoms. The zero-order chi connectivity index (χ0) is 36.6. The van der Waals surface area contributed by atoms with Gasteiger partial charge < -0.3 is 20.1 Å². The number of rotatable bonds is 36. The van der Waals surface area contributed by atoms with E-state index in [1.54, 1.807) is 6.26 Å². The van der Waals surface area contributed by atoms with Gasteiger partial charge >= 0.3 is 13.8 Å². The Morgan fingerprint density at radius 3 is 1.72 bits per heavy atom. The van der Waals surface area contributed by atoms with Crippen molar-refractivity contribution in [2.45, 2.75) is 155 Å². The van der Waals surface area contributed by atoms with Crippen LogP contribution in [0.3, 0.4) is 0 Å². The van der Waals surface area contributed by atoms with E-state index in [1.165, 1.54) is 57.8 Å². The molecule has 0 saturated carbocycles. The first-order valence-corrected chi connectivity index (χ1v) is 21.0. The van der Waals surface area contributed by atoms with E-state index >= 15 is 0 Å². The zero-order valence-corrected chi connectivity index (χ0v) is 32.5. The van der Waals surface area contributed by atoms with Crippen molar-refractivity contribution < 1.29 is 32.8 Å². The predicted molar refractivity (Wildman–Crippen MR) is 210 cm³/mol. The number of hydrogen-bond acceptors (Lipinski definition) is 7. The van der Waals surface area contributed by atoms with Gasteiger partial charge in [0.1, 0.15) is 6.61 Å². The van der Waals surface area contributed by atoms with Gasteiger partial charge in [-0.1, -0.05) is 120 Å². The lowest BCUT2D eigenvalue weighted by atomic mass is 10.1. The molecule has 8 nitrogen and oxygen atoms in total. The van der Waals surface area contributed by atoms with Crippen LogP contribution >= 0.6 is 7.82 Å². The monoisotopic (exact) mass is 722 g/mol. The van der Waals surface area contributed by atoms with Crippen LogP contribution in [0.5, 0.6) is 0 Å². The second-order valence-electron chi connectivity index (χ2n) is 12.5. The first kappa shape index (κ1) is 47.8. The first-order valence-electron chi connectivity index (χ1n) is 19.5. The fourth-order valence-corrected chi connectivity index (χ4v) is 5.55. The normalized spacial score (nSPS) is 14.3. The maximum absolute atomic E-state index is 12.3. The lowest BCUT2D eigenvalue weighted by molar-refractivity contribution is -0.147. The number of nitrogens with two attached hydrogens (primary N) is 1. The van der Waals surface area contributed by atoms with Gasteiger partial charge in [0.15, 0.2) is 6.10 Å². The molecule has 0 aromatic rings. The largest absolute Gasteiger partial charge is 0.492 e. The van der Waals surface area contributed by atoms with Crippen LogP contribution in [0, 0.1) is 0 Å². The van der Waals surface area contributed by atoms with Crippen LogP contribution in [0.15, 0.2) is 73.1 Å². The van der Waals surface area contributed by atoms with Gasteiger partial charge in [-0.3, -0.25) is 13.8 Å². The molecule has 0 amide bonds. The topological polar surface area (TPSA) is 117 Å². The van der Waals surface area contributed by atoms with Gasteiger partial charge in [0, 0.05) is 13.0 Å². The van der Waals surface area contributed by atoms with E-state index in [-0.39, 0.29) is 32.3 Å². The number of unbranched alkanes of at least 4 members (excludes halogenated alkanes) is 13. The molecule has 0 spiro atoms. The van der Waals surface area contributed by atoms with Crippen LogP contribution in [0.4, 0.5) is 0 Å². The van der Waals surface area contributed by atoms with Crippen LogP contribution in [0.25, 0.3) is 0 Å². The van der Waals surface area contributed by atoms with Gasteiger partial charge in [-0.25, -0.2) is 4.57 Å². The molecule has 2 atom stereocenters. The molecule has 0 aliphatic carbocycles. The Bertz CT molecular complexity index is 989. The van der Waals surface area contributed by atoms with E-state index in [0.29, 0.717) is 12.8 Å². The van der Waals surface area contributed by atoms with E-state index < -0.39 is 13.9 Å². The molecular weight excluding hydrogens is 649 g/mol. The third-order valence-electron chi connectivity index (χ3n) is 7.70. The fraction of sp³-hybridized carbons (Fsp3) is 0.683. The van der Waals surface area contributed by atoms with Crippen LogP contribution in [-0.2, 0) is 27.9 Å². The van der Waals surface area contributed by atoms with E-state index in [0.717, 1.165) is 64.2 Å². The van der Waals surface area contributed by atoms with Gasteiger partial charge in [-0.15, -0.1) is 0 Å². The predicted octanol–water partition coefficient (Wildman–Crippen LogP) is 11.5. The number of carbonyl (C=O) groups is 1. The van der Waals surface area contributed by atoms with Crippen LogP contribution < -0.4 is 5.73 Å². The summed E-state index contributed by atoms with van der Waals surface area (Å²) in [6, 6.07) is 0. The van der Waals surface area contributed by atoms with Crippen molar-refractivity contribution in [2.75, 3.05) is 26.4 Å². The smallest absolute Gasteiger partial charge is 0.472 e. The minimum Gasteiger partial charge on any atom is -0.492 e. The Labute approximate surface area is 305 Å². The van der Waals surface area contributed by atoms with Crippen molar-refractivity contribution in [3.63, 3.8) is 0 Å². The van der Waals surface area contributed by atoms with E-state index in [4.69, 9.17) is 24.3 Å². The average molecular weight is 722 g/mol. The van der Waals surface area contributed by atoms with Gasteiger partial charge in [0.05, 0.1) is 19.5 Å². The third-order valence-corrected chi connectivity index (χ3v) is 8.68. The fourth-order valence-electron chi connectivity index (χ4n) is 4.79. The standard InChI is InChI=1S/C41H72NO7P/c1-3-5-7-9-11-13-15-17-19-21-23-25-27-29-31-33-36-46-40(39-49-50(44,45)48-37-35-42)38-47-41(43)34-32-30-28-26-24-22-20-18-16-14-12-10-8-6-4-2/h6,8,12,14,17-20,24,26,33,36,40H,3-5,7,9-11,13,15-16,21-23,25,27-32,34-35,37-39,42H2,1-2H3,(H,44,45)/t40-/m1/s1. The number of esters is 1. The number of ether oxygens (including phenoxy) is 2. The quantitative estimate of drug-likeness (QED) is 0.0216. The maximum atomic E-state index is 12.3. The average Bonchev–Trinajstić information content (AvgIpc) is 3.11. The summed E-state index contributed by atoms with van der Waals surface area (Å²) in [7, 11) is -4.28. The van der Waals surface area contributed by atoms with Crippen LogP contribution in [-0.4, -0.2) is 43.3 Å². The highest BCUT2D eigenvalue weighted by Crippen LogP contribution is 2.43. The second-order valence-corrected chi connectivity index (χ2v) is 13.9. The summed E-state index contributed by atoms with van der Waals surface area (Å²) in [6.07, 6.45) is 47.3. The third kappa shape index (κ3) is 37.0. The van der Waals surface area contributed by atoms with Crippen molar-refractivity contribution in [1.82, 2.24) is 0 Å². The molecule has 0 saturated heterocycles. The minimum absolute atomic E-state index is 0.0897. The molecule has 0 heterocycles. The number of hydrogen-bond donors (Lipinski definition) is 2. The maximum Gasteiger partial charge on any atom is 0.472 e. The molecule has 9 heteroatoms. The highest BCUT2D eigenvalue weighted by molar-refractivity contribution is 7.47. The van der Waals surface area contributed by atoms with E-state index in [9.17, 15) is 14.3 Å². The molecule has 0 aromatic heterocycles.